The molecule has 0 amide bonds. The molecule has 0 atom stereocenters. The third-order valence-electron chi connectivity index (χ3n) is 2.98. The van der Waals surface area contributed by atoms with Gasteiger partial charge in [0.15, 0.2) is 0 Å². The molecule has 2 aromatic carbocycles. The number of ether oxygens (including phenoxy) is 1. The Bertz CT molecular complexity index is 689. The topological polar surface area (TPSA) is 26.3 Å². The normalized spacial score (nSPS) is 11.4. The summed E-state index contributed by atoms with van der Waals surface area (Å²) in [6, 6.07) is 10.4. The van der Waals surface area contributed by atoms with E-state index in [-0.39, 0.29) is 5.56 Å². The lowest BCUT2D eigenvalue weighted by atomic mass is 10.1. The summed E-state index contributed by atoms with van der Waals surface area (Å²) in [6.45, 7) is 1.11. The Morgan fingerprint density at radius 2 is 1.73 bits per heavy atom. The van der Waals surface area contributed by atoms with Gasteiger partial charge in [-0.3, -0.25) is 0 Å². The van der Waals surface area contributed by atoms with Crippen molar-refractivity contribution in [3.05, 3.63) is 75.8 Å². The predicted molar refractivity (Wildman–Crippen MR) is 81.3 cm³/mol. The van der Waals surface area contributed by atoms with Crippen LogP contribution in [0.25, 0.3) is 6.08 Å². The molecular formula is C17H13ClF2O2. The van der Waals surface area contributed by atoms with Gasteiger partial charge in [-0.15, -0.1) is 0 Å². The molecule has 0 spiro atoms. The highest BCUT2D eigenvalue weighted by Crippen LogP contribution is 2.16. The number of carbonyl (C=O) groups is 1. The van der Waals surface area contributed by atoms with Crippen LogP contribution in [0.2, 0.25) is 5.02 Å². The van der Waals surface area contributed by atoms with Crippen LogP contribution in [0.1, 0.15) is 18.1 Å². The van der Waals surface area contributed by atoms with Gasteiger partial charge in [0.25, 0.3) is 0 Å². The van der Waals surface area contributed by atoms with Gasteiger partial charge in [-0.1, -0.05) is 29.8 Å². The number of carbonyl (C=O) groups excluding carboxylic acids is 1. The van der Waals surface area contributed by atoms with Crippen LogP contribution in [-0.2, 0) is 16.1 Å². The fraction of sp³-hybridized carbons (Fsp3) is 0.118. The van der Waals surface area contributed by atoms with Crippen molar-refractivity contribution >= 4 is 23.6 Å². The van der Waals surface area contributed by atoms with Crippen LogP contribution in [-0.4, -0.2) is 5.97 Å². The predicted octanol–water partition coefficient (Wildman–Crippen LogP) is 4.76. The summed E-state index contributed by atoms with van der Waals surface area (Å²) in [6.07, 6.45) is 1.61. The van der Waals surface area contributed by atoms with Crippen LogP contribution < -0.4 is 0 Å². The second-order valence-electron chi connectivity index (χ2n) is 4.66. The molecular weight excluding hydrogens is 310 g/mol. The molecule has 22 heavy (non-hydrogen) atoms. The fourth-order valence-corrected chi connectivity index (χ4v) is 1.92. The maximum atomic E-state index is 13.4. The number of rotatable bonds is 4. The fourth-order valence-electron chi connectivity index (χ4n) is 1.79. The van der Waals surface area contributed by atoms with E-state index in [4.69, 9.17) is 16.3 Å². The average molecular weight is 323 g/mol. The Morgan fingerprint density at radius 3 is 2.32 bits per heavy atom. The molecule has 0 aromatic heterocycles. The molecule has 0 fully saturated rings. The third kappa shape index (κ3) is 4.15. The molecule has 0 unspecified atom stereocenters. The van der Waals surface area contributed by atoms with Crippen LogP contribution in [0, 0.1) is 11.6 Å². The second kappa shape index (κ2) is 7.18. The molecule has 2 rings (SSSR count). The van der Waals surface area contributed by atoms with Gasteiger partial charge in [-0.2, -0.15) is 0 Å². The number of halogens is 3. The van der Waals surface area contributed by atoms with Crippen LogP contribution in [0.5, 0.6) is 0 Å². The van der Waals surface area contributed by atoms with Gasteiger partial charge in [0.2, 0.25) is 0 Å². The van der Waals surface area contributed by atoms with Crippen molar-refractivity contribution in [1.82, 2.24) is 0 Å². The van der Waals surface area contributed by atoms with Crippen molar-refractivity contribution in [2.24, 2.45) is 0 Å². The Morgan fingerprint density at radius 1 is 1.14 bits per heavy atom. The van der Waals surface area contributed by atoms with Crippen LogP contribution in [0.3, 0.4) is 0 Å². The highest BCUT2D eigenvalue weighted by Gasteiger charge is 2.12. The summed E-state index contributed by atoms with van der Waals surface area (Å²) in [7, 11) is 0. The van der Waals surface area contributed by atoms with E-state index in [0.29, 0.717) is 10.6 Å². The van der Waals surface area contributed by atoms with Crippen molar-refractivity contribution < 1.29 is 18.3 Å². The zero-order valence-corrected chi connectivity index (χ0v) is 12.5. The van der Waals surface area contributed by atoms with Gasteiger partial charge < -0.3 is 4.74 Å². The molecule has 2 nitrogen and oxygen atoms in total. The molecule has 2 aromatic rings. The Hall–Kier alpha value is -2.20. The van der Waals surface area contributed by atoms with Gasteiger partial charge in [0.05, 0.1) is 5.56 Å². The number of hydrogen-bond acceptors (Lipinski definition) is 2. The number of hydrogen-bond donors (Lipinski definition) is 0. The van der Waals surface area contributed by atoms with E-state index in [1.54, 1.807) is 37.3 Å². The first kappa shape index (κ1) is 16.2. The maximum absolute atomic E-state index is 13.4. The summed E-state index contributed by atoms with van der Waals surface area (Å²) >= 11 is 5.77. The summed E-state index contributed by atoms with van der Waals surface area (Å²) in [5.41, 5.74) is 0.824. The lowest BCUT2D eigenvalue weighted by Gasteiger charge is -2.07. The summed E-state index contributed by atoms with van der Waals surface area (Å²) in [5.74, 6) is -2.13. The van der Waals surface area contributed by atoms with Crippen molar-refractivity contribution in [3.8, 4) is 0 Å². The van der Waals surface area contributed by atoms with E-state index < -0.39 is 24.2 Å². The smallest absolute Gasteiger partial charge is 0.334 e. The van der Waals surface area contributed by atoms with E-state index in [2.05, 4.69) is 0 Å². The molecule has 0 heterocycles. The Labute approximate surface area is 132 Å². The van der Waals surface area contributed by atoms with Gasteiger partial charge in [-0.25, -0.2) is 13.6 Å². The zero-order chi connectivity index (χ0) is 16.1. The lowest BCUT2D eigenvalue weighted by Crippen LogP contribution is -2.08. The first-order valence-corrected chi connectivity index (χ1v) is 6.89. The monoisotopic (exact) mass is 322 g/mol. The first-order valence-electron chi connectivity index (χ1n) is 6.51. The van der Waals surface area contributed by atoms with Crippen LogP contribution >= 0.6 is 11.6 Å². The standard InChI is InChI=1S/C17H13ClF2O2/c1-11(9-12-5-7-13(18)8-6-12)17(21)22-10-14-15(19)3-2-4-16(14)20/h2-9H,10H2,1H3/b11-9+. The molecule has 0 saturated heterocycles. The summed E-state index contributed by atoms with van der Waals surface area (Å²) in [5, 5.41) is 0.590. The molecule has 0 saturated carbocycles. The van der Waals surface area contributed by atoms with E-state index in [9.17, 15) is 13.6 Å². The lowest BCUT2D eigenvalue weighted by molar-refractivity contribution is -0.140. The van der Waals surface area contributed by atoms with Gasteiger partial charge in [0.1, 0.15) is 18.2 Å². The van der Waals surface area contributed by atoms with Crippen LogP contribution in [0.4, 0.5) is 8.78 Å². The Balaban J connectivity index is 2.04. The van der Waals surface area contributed by atoms with Crippen molar-refractivity contribution in [2.45, 2.75) is 13.5 Å². The quantitative estimate of drug-likeness (QED) is 0.599. The summed E-state index contributed by atoms with van der Waals surface area (Å²) < 4.78 is 31.8. The molecule has 5 heteroatoms. The minimum atomic E-state index is -0.743. The van der Waals surface area contributed by atoms with E-state index in [1.807, 2.05) is 0 Å². The molecule has 0 aliphatic carbocycles. The highest BCUT2D eigenvalue weighted by atomic mass is 35.5. The maximum Gasteiger partial charge on any atom is 0.334 e. The van der Waals surface area contributed by atoms with Gasteiger partial charge in [0, 0.05) is 10.6 Å². The third-order valence-corrected chi connectivity index (χ3v) is 3.24. The van der Waals surface area contributed by atoms with Gasteiger partial charge in [-0.05, 0) is 42.8 Å². The van der Waals surface area contributed by atoms with E-state index in [0.717, 1.165) is 17.7 Å². The highest BCUT2D eigenvalue weighted by molar-refractivity contribution is 6.30. The van der Waals surface area contributed by atoms with Crippen molar-refractivity contribution in [1.29, 1.82) is 0 Å². The molecule has 0 aliphatic rings. The zero-order valence-electron chi connectivity index (χ0n) is 11.8. The summed E-state index contributed by atoms with van der Waals surface area (Å²) in [4.78, 5) is 11.8. The molecule has 0 bridgehead atoms. The second-order valence-corrected chi connectivity index (χ2v) is 5.09. The molecule has 0 radical (unpaired) electrons. The first-order chi connectivity index (χ1) is 10.5. The minimum absolute atomic E-state index is 0.268. The minimum Gasteiger partial charge on any atom is -0.457 e. The van der Waals surface area contributed by atoms with Gasteiger partial charge >= 0.3 is 5.97 Å². The molecule has 114 valence electrons. The Kier molecular flexibility index (Phi) is 5.28. The van der Waals surface area contributed by atoms with E-state index in [1.165, 1.54) is 6.07 Å². The largest absolute Gasteiger partial charge is 0.457 e. The molecule has 0 aliphatic heterocycles. The van der Waals surface area contributed by atoms with Crippen LogP contribution in [0.15, 0.2) is 48.0 Å². The number of benzene rings is 2. The molecule has 0 N–H and O–H groups in total. The van der Waals surface area contributed by atoms with E-state index >= 15 is 0 Å². The van der Waals surface area contributed by atoms with Crippen molar-refractivity contribution in [2.75, 3.05) is 0 Å². The SMILES string of the molecule is C/C(=C\c1ccc(Cl)cc1)C(=O)OCc1c(F)cccc1F. The number of esters is 1. The van der Waals surface area contributed by atoms with Crippen molar-refractivity contribution in [3.63, 3.8) is 0 Å². The average Bonchev–Trinajstić information content (AvgIpc) is 2.48.